The molecule has 0 radical (unpaired) electrons. The summed E-state index contributed by atoms with van der Waals surface area (Å²) in [5.41, 5.74) is 8.21. The average Bonchev–Trinajstić information content (AvgIpc) is 2.78. The first-order valence-corrected chi connectivity index (χ1v) is 5.75. The molecule has 1 aliphatic heterocycles. The van der Waals surface area contributed by atoms with Crippen molar-refractivity contribution in [2.75, 3.05) is 20.3 Å². The molecular weight excluding hydrogens is 202 g/mol. The van der Waals surface area contributed by atoms with Crippen molar-refractivity contribution in [1.82, 2.24) is 0 Å². The first-order valence-electron chi connectivity index (χ1n) is 5.75. The monoisotopic (exact) mass is 221 g/mol. The minimum absolute atomic E-state index is 0.149. The normalized spacial score (nSPS) is 24.9. The molecule has 16 heavy (non-hydrogen) atoms. The summed E-state index contributed by atoms with van der Waals surface area (Å²) in [6.07, 6.45) is 1.21. The van der Waals surface area contributed by atoms with Crippen LogP contribution in [0.3, 0.4) is 0 Å². The highest BCUT2D eigenvalue weighted by atomic mass is 16.5. The van der Waals surface area contributed by atoms with Gasteiger partial charge in [-0.25, -0.2) is 0 Å². The minimum atomic E-state index is 0.149. The van der Waals surface area contributed by atoms with Gasteiger partial charge in [0.25, 0.3) is 0 Å². The van der Waals surface area contributed by atoms with Gasteiger partial charge in [0, 0.05) is 19.6 Å². The van der Waals surface area contributed by atoms with Crippen molar-refractivity contribution < 1.29 is 9.47 Å². The topological polar surface area (TPSA) is 44.5 Å². The van der Waals surface area contributed by atoms with E-state index in [9.17, 15) is 0 Å². The molecule has 2 unspecified atom stereocenters. The van der Waals surface area contributed by atoms with E-state index in [1.807, 2.05) is 12.1 Å². The largest absolute Gasteiger partial charge is 0.380 e. The van der Waals surface area contributed by atoms with Crippen LogP contribution >= 0.6 is 0 Å². The zero-order chi connectivity index (χ0) is 11.4. The number of benzene rings is 1. The van der Waals surface area contributed by atoms with Gasteiger partial charge in [-0.1, -0.05) is 24.3 Å². The van der Waals surface area contributed by atoms with Crippen LogP contribution in [0, 0.1) is 5.92 Å². The zero-order valence-electron chi connectivity index (χ0n) is 9.69. The van der Waals surface area contributed by atoms with E-state index in [0.29, 0.717) is 19.1 Å². The lowest BCUT2D eigenvalue weighted by molar-refractivity contribution is 0.0892. The van der Waals surface area contributed by atoms with Gasteiger partial charge in [0.05, 0.1) is 12.7 Å². The van der Waals surface area contributed by atoms with Crippen LogP contribution in [-0.2, 0) is 16.1 Å². The Kier molecular flexibility index (Phi) is 3.93. The molecule has 2 rings (SSSR count). The second kappa shape index (κ2) is 5.43. The van der Waals surface area contributed by atoms with Gasteiger partial charge < -0.3 is 15.2 Å². The van der Waals surface area contributed by atoms with Gasteiger partial charge in [-0.2, -0.15) is 0 Å². The third-order valence-corrected chi connectivity index (χ3v) is 3.18. The third kappa shape index (κ3) is 2.26. The van der Waals surface area contributed by atoms with Gasteiger partial charge in [-0.05, 0) is 24.1 Å². The molecule has 3 heteroatoms. The van der Waals surface area contributed by atoms with E-state index < -0.39 is 0 Å². The number of hydrogen-bond donors (Lipinski definition) is 1. The van der Waals surface area contributed by atoms with E-state index in [4.69, 9.17) is 15.2 Å². The summed E-state index contributed by atoms with van der Waals surface area (Å²) in [6.45, 7) is 2.13. The van der Waals surface area contributed by atoms with E-state index >= 15 is 0 Å². The van der Waals surface area contributed by atoms with Crippen LogP contribution in [0.15, 0.2) is 24.3 Å². The highest BCUT2D eigenvalue weighted by Crippen LogP contribution is 2.35. The Bertz CT molecular complexity index is 340. The molecule has 0 aliphatic carbocycles. The third-order valence-electron chi connectivity index (χ3n) is 3.18. The predicted molar refractivity (Wildman–Crippen MR) is 63.0 cm³/mol. The van der Waals surface area contributed by atoms with Crippen molar-refractivity contribution in [3.05, 3.63) is 35.4 Å². The fraction of sp³-hybridized carbons (Fsp3) is 0.538. The van der Waals surface area contributed by atoms with Crippen LogP contribution in [0.1, 0.15) is 23.7 Å². The lowest BCUT2D eigenvalue weighted by Gasteiger charge is -2.20. The maximum Gasteiger partial charge on any atom is 0.0869 e. The molecule has 1 heterocycles. The Hall–Kier alpha value is -0.900. The summed E-state index contributed by atoms with van der Waals surface area (Å²) < 4.78 is 11.0. The van der Waals surface area contributed by atoms with Gasteiger partial charge in [0.2, 0.25) is 0 Å². The zero-order valence-corrected chi connectivity index (χ0v) is 9.69. The molecular formula is C13H19NO2. The molecule has 1 aromatic rings. The molecule has 0 spiro atoms. The highest BCUT2D eigenvalue weighted by Gasteiger charge is 2.29. The Morgan fingerprint density at radius 1 is 1.44 bits per heavy atom. The first-order chi connectivity index (χ1) is 7.86. The highest BCUT2D eigenvalue weighted by molar-refractivity contribution is 5.29. The molecule has 0 aromatic heterocycles. The molecule has 0 saturated carbocycles. The van der Waals surface area contributed by atoms with Crippen molar-refractivity contribution in [2.24, 2.45) is 11.7 Å². The van der Waals surface area contributed by atoms with E-state index in [1.165, 1.54) is 11.1 Å². The fourth-order valence-corrected chi connectivity index (χ4v) is 2.32. The summed E-state index contributed by atoms with van der Waals surface area (Å²) in [4.78, 5) is 0. The molecule has 2 N–H and O–H groups in total. The van der Waals surface area contributed by atoms with Crippen molar-refractivity contribution in [3.63, 3.8) is 0 Å². The molecule has 3 nitrogen and oxygen atoms in total. The standard InChI is InChI=1S/C13H19NO2/c1-15-9-11-4-2-3-5-12(11)13-10(8-14)6-7-16-13/h2-5,10,13H,6-9,14H2,1H3. The molecule has 1 fully saturated rings. The number of methoxy groups -OCH3 is 1. The second-order valence-corrected chi connectivity index (χ2v) is 4.21. The van der Waals surface area contributed by atoms with Gasteiger partial charge in [0.15, 0.2) is 0 Å². The van der Waals surface area contributed by atoms with Gasteiger partial charge in [0.1, 0.15) is 0 Å². The Balaban J connectivity index is 2.24. The molecule has 0 bridgehead atoms. The Labute approximate surface area is 96.5 Å². The van der Waals surface area contributed by atoms with Gasteiger partial charge >= 0.3 is 0 Å². The smallest absolute Gasteiger partial charge is 0.0869 e. The van der Waals surface area contributed by atoms with E-state index in [-0.39, 0.29) is 6.10 Å². The number of ether oxygens (including phenoxy) is 2. The molecule has 1 aromatic carbocycles. The summed E-state index contributed by atoms with van der Waals surface area (Å²) in [5, 5.41) is 0. The average molecular weight is 221 g/mol. The van der Waals surface area contributed by atoms with Crippen LogP contribution in [0.5, 0.6) is 0 Å². The maximum atomic E-state index is 5.79. The summed E-state index contributed by atoms with van der Waals surface area (Å²) in [7, 11) is 1.71. The Morgan fingerprint density at radius 3 is 3.00 bits per heavy atom. The van der Waals surface area contributed by atoms with E-state index in [1.54, 1.807) is 7.11 Å². The number of nitrogens with two attached hydrogens (primary N) is 1. The fourth-order valence-electron chi connectivity index (χ4n) is 2.32. The van der Waals surface area contributed by atoms with Crippen LogP contribution in [0.4, 0.5) is 0 Å². The molecule has 2 atom stereocenters. The second-order valence-electron chi connectivity index (χ2n) is 4.21. The van der Waals surface area contributed by atoms with Crippen LogP contribution in [-0.4, -0.2) is 20.3 Å². The minimum Gasteiger partial charge on any atom is -0.380 e. The SMILES string of the molecule is COCc1ccccc1C1OCCC1CN. The van der Waals surface area contributed by atoms with Crippen LogP contribution in [0.25, 0.3) is 0 Å². The van der Waals surface area contributed by atoms with E-state index in [0.717, 1.165) is 13.0 Å². The van der Waals surface area contributed by atoms with E-state index in [2.05, 4.69) is 12.1 Å². The van der Waals surface area contributed by atoms with Crippen LogP contribution in [0.2, 0.25) is 0 Å². The number of hydrogen-bond acceptors (Lipinski definition) is 3. The summed E-state index contributed by atoms with van der Waals surface area (Å²) in [6, 6.07) is 8.29. The molecule has 0 amide bonds. The van der Waals surface area contributed by atoms with Gasteiger partial charge in [-0.3, -0.25) is 0 Å². The summed E-state index contributed by atoms with van der Waals surface area (Å²) >= 11 is 0. The quantitative estimate of drug-likeness (QED) is 0.844. The lowest BCUT2D eigenvalue weighted by Crippen LogP contribution is -2.18. The summed E-state index contributed by atoms with van der Waals surface area (Å²) in [5.74, 6) is 0.443. The maximum absolute atomic E-state index is 5.79. The Morgan fingerprint density at radius 2 is 2.25 bits per heavy atom. The van der Waals surface area contributed by atoms with Crippen molar-refractivity contribution >= 4 is 0 Å². The van der Waals surface area contributed by atoms with Crippen molar-refractivity contribution in [1.29, 1.82) is 0 Å². The molecule has 1 saturated heterocycles. The molecule has 88 valence electrons. The van der Waals surface area contributed by atoms with Crippen LogP contribution < -0.4 is 5.73 Å². The van der Waals surface area contributed by atoms with Gasteiger partial charge in [-0.15, -0.1) is 0 Å². The number of rotatable bonds is 4. The lowest BCUT2D eigenvalue weighted by atomic mass is 9.92. The van der Waals surface area contributed by atoms with Crippen molar-refractivity contribution in [2.45, 2.75) is 19.1 Å². The predicted octanol–water partition coefficient (Wildman–Crippen LogP) is 1.87. The van der Waals surface area contributed by atoms with Crippen molar-refractivity contribution in [3.8, 4) is 0 Å². The molecule has 1 aliphatic rings. The first kappa shape index (κ1) is 11.6.